The van der Waals surface area contributed by atoms with Crippen molar-refractivity contribution in [2.75, 3.05) is 0 Å². The van der Waals surface area contributed by atoms with Crippen LogP contribution in [0.4, 0.5) is 0 Å². The Bertz CT molecular complexity index is 366. The number of hydrogen-bond donors (Lipinski definition) is 0. The van der Waals surface area contributed by atoms with E-state index >= 15 is 0 Å². The normalized spacial score (nSPS) is 10.5. The Kier molecular flexibility index (Phi) is 3.44. The fourth-order valence-electron chi connectivity index (χ4n) is 0.816. The Morgan fingerprint density at radius 1 is 1.38 bits per heavy atom. The fraction of sp³-hybridized carbons (Fsp3) is 0.200. The zero-order chi connectivity index (χ0) is 9.52. The summed E-state index contributed by atoms with van der Waals surface area (Å²) in [6.07, 6.45) is 0. The van der Waals surface area contributed by atoms with Gasteiger partial charge in [0.25, 0.3) is 0 Å². The molecule has 1 unspecified atom stereocenters. The molecule has 0 saturated heterocycles. The quantitative estimate of drug-likeness (QED) is 0.270. The van der Waals surface area contributed by atoms with E-state index in [-0.39, 0.29) is 6.04 Å². The Morgan fingerprint density at radius 2 is 2.08 bits per heavy atom. The van der Waals surface area contributed by atoms with Crippen molar-refractivity contribution in [2.24, 2.45) is 5.11 Å². The molecule has 1 atom stereocenters. The lowest BCUT2D eigenvalue weighted by Crippen LogP contribution is -1.89. The number of rotatable bonds is 1. The molecular formula is C10H9N3. The van der Waals surface area contributed by atoms with Crippen molar-refractivity contribution >= 4 is 0 Å². The first-order valence-corrected chi connectivity index (χ1v) is 3.93. The van der Waals surface area contributed by atoms with Crippen LogP contribution in [0.1, 0.15) is 12.5 Å². The first-order chi connectivity index (χ1) is 6.33. The van der Waals surface area contributed by atoms with Crippen LogP contribution in [0.2, 0.25) is 0 Å². The maximum absolute atomic E-state index is 8.12. The molecule has 3 heteroatoms. The van der Waals surface area contributed by atoms with Crippen molar-refractivity contribution in [3.05, 3.63) is 46.3 Å². The highest BCUT2D eigenvalue weighted by Crippen LogP contribution is 1.95. The molecule has 0 radical (unpaired) electrons. The summed E-state index contributed by atoms with van der Waals surface area (Å²) in [5, 5.41) is 3.45. The smallest absolute Gasteiger partial charge is 0.0888 e. The van der Waals surface area contributed by atoms with Gasteiger partial charge in [0.15, 0.2) is 0 Å². The van der Waals surface area contributed by atoms with Crippen LogP contribution in [-0.2, 0) is 0 Å². The number of benzene rings is 1. The SMILES string of the molecule is CC(C#Cc1ccccc1)N=[N+]=[N-]. The minimum atomic E-state index is -0.273. The Labute approximate surface area is 77.0 Å². The Hall–Kier alpha value is -1.91. The highest BCUT2D eigenvalue weighted by atomic mass is 15.1. The van der Waals surface area contributed by atoms with Gasteiger partial charge in [0.05, 0.1) is 6.04 Å². The van der Waals surface area contributed by atoms with Gasteiger partial charge in [-0.2, -0.15) is 0 Å². The molecule has 64 valence electrons. The van der Waals surface area contributed by atoms with E-state index in [2.05, 4.69) is 21.9 Å². The van der Waals surface area contributed by atoms with Crippen molar-refractivity contribution in [3.8, 4) is 11.8 Å². The van der Waals surface area contributed by atoms with Crippen LogP contribution in [0.25, 0.3) is 10.4 Å². The van der Waals surface area contributed by atoms with Gasteiger partial charge in [-0.1, -0.05) is 35.2 Å². The van der Waals surface area contributed by atoms with Gasteiger partial charge in [0, 0.05) is 10.5 Å². The van der Waals surface area contributed by atoms with Crippen LogP contribution in [0.5, 0.6) is 0 Å². The van der Waals surface area contributed by atoms with Gasteiger partial charge in [-0.15, -0.1) is 0 Å². The fourth-order valence-corrected chi connectivity index (χ4v) is 0.816. The summed E-state index contributed by atoms with van der Waals surface area (Å²) >= 11 is 0. The molecule has 0 amide bonds. The molecule has 0 aliphatic rings. The van der Waals surface area contributed by atoms with E-state index in [4.69, 9.17) is 5.53 Å². The lowest BCUT2D eigenvalue weighted by atomic mass is 10.2. The van der Waals surface area contributed by atoms with Crippen molar-refractivity contribution in [1.82, 2.24) is 0 Å². The third-order valence-corrected chi connectivity index (χ3v) is 1.42. The third-order valence-electron chi connectivity index (χ3n) is 1.42. The van der Waals surface area contributed by atoms with E-state index in [9.17, 15) is 0 Å². The summed E-state index contributed by atoms with van der Waals surface area (Å²) in [7, 11) is 0. The summed E-state index contributed by atoms with van der Waals surface area (Å²) in [4.78, 5) is 2.67. The molecule has 0 aliphatic heterocycles. The van der Waals surface area contributed by atoms with Gasteiger partial charge in [0.2, 0.25) is 0 Å². The van der Waals surface area contributed by atoms with Crippen molar-refractivity contribution in [3.63, 3.8) is 0 Å². The highest BCUT2D eigenvalue weighted by molar-refractivity contribution is 5.34. The standard InChI is InChI=1S/C10H9N3/c1-9(12-13-11)7-8-10-5-3-2-4-6-10/h2-6,9H,1H3. The second kappa shape index (κ2) is 4.87. The van der Waals surface area contributed by atoms with E-state index < -0.39 is 0 Å². The maximum Gasteiger partial charge on any atom is 0.0963 e. The van der Waals surface area contributed by atoms with Crippen molar-refractivity contribution < 1.29 is 0 Å². The molecule has 0 aromatic heterocycles. The molecule has 0 heterocycles. The molecule has 1 aromatic rings. The van der Waals surface area contributed by atoms with E-state index in [1.807, 2.05) is 30.3 Å². The Balaban J connectivity index is 2.73. The lowest BCUT2D eigenvalue weighted by molar-refractivity contribution is 0.942. The Morgan fingerprint density at radius 3 is 2.69 bits per heavy atom. The molecule has 0 saturated carbocycles. The first kappa shape index (κ1) is 9.18. The van der Waals surface area contributed by atoms with Crippen molar-refractivity contribution in [2.45, 2.75) is 13.0 Å². The number of nitrogens with zero attached hydrogens (tertiary/aromatic N) is 3. The summed E-state index contributed by atoms with van der Waals surface area (Å²) in [5.74, 6) is 5.74. The molecule has 0 spiro atoms. The number of azide groups is 1. The molecule has 13 heavy (non-hydrogen) atoms. The first-order valence-electron chi connectivity index (χ1n) is 3.93. The van der Waals surface area contributed by atoms with Crippen LogP contribution in [0.3, 0.4) is 0 Å². The van der Waals surface area contributed by atoms with Gasteiger partial charge in [-0.25, -0.2) is 0 Å². The van der Waals surface area contributed by atoms with E-state index in [1.165, 1.54) is 0 Å². The van der Waals surface area contributed by atoms with Crippen LogP contribution in [0.15, 0.2) is 35.4 Å². The van der Waals surface area contributed by atoms with Crippen molar-refractivity contribution in [1.29, 1.82) is 0 Å². The van der Waals surface area contributed by atoms with E-state index in [0.717, 1.165) is 5.56 Å². The molecule has 0 bridgehead atoms. The highest BCUT2D eigenvalue weighted by Gasteiger charge is 1.88. The molecule has 0 N–H and O–H groups in total. The molecule has 1 aromatic carbocycles. The monoisotopic (exact) mass is 171 g/mol. The van der Waals surface area contributed by atoms with E-state index in [0.29, 0.717) is 0 Å². The summed E-state index contributed by atoms with van der Waals surface area (Å²) in [5.41, 5.74) is 9.06. The summed E-state index contributed by atoms with van der Waals surface area (Å²) in [6.45, 7) is 1.76. The molecule has 0 aliphatic carbocycles. The molecule has 1 rings (SSSR count). The van der Waals surface area contributed by atoms with Gasteiger partial charge in [0.1, 0.15) is 0 Å². The van der Waals surface area contributed by atoms with Gasteiger partial charge in [-0.3, -0.25) is 0 Å². The summed E-state index contributed by atoms with van der Waals surface area (Å²) in [6, 6.07) is 9.32. The van der Waals surface area contributed by atoms with Gasteiger partial charge < -0.3 is 0 Å². The minimum absolute atomic E-state index is 0.273. The van der Waals surface area contributed by atoms with Crippen LogP contribution < -0.4 is 0 Å². The predicted molar refractivity (Wildman–Crippen MR) is 51.9 cm³/mol. The second-order valence-corrected chi connectivity index (χ2v) is 2.52. The van der Waals surface area contributed by atoms with E-state index in [1.54, 1.807) is 6.92 Å². The lowest BCUT2D eigenvalue weighted by Gasteiger charge is -1.89. The largest absolute Gasteiger partial charge is 0.0963 e. The zero-order valence-electron chi connectivity index (χ0n) is 7.31. The van der Waals surface area contributed by atoms with Crippen LogP contribution in [0, 0.1) is 11.8 Å². The van der Waals surface area contributed by atoms with Crippen LogP contribution >= 0.6 is 0 Å². The van der Waals surface area contributed by atoms with Crippen LogP contribution in [-0.4, -0.2) is 6.04 Å². The van der Waals surface area contributed by atoms with Gasteiger partial charge >= 0.3 is 0 Å². The average Bonchev–Trinajstić information content (AvgIpc) is 2.17. The predicted octanol–water partition coefficient (Wildman–Crippen LogP) is 2.74. The molecule has 0 fully saturated rings. The number of hydrogen-bond acceptors (Lipinski definition) is 1. The second-order valence-electron chi connectivity index (χ2n) is 2.52. The summed E-state index contributed by atoms with van der Waals surface area (Å²) < 4.78 is 0. The zero-order valence-corrected chi connectivity index (χ0v) is 7.31. The third kappa shape index (κ3) is 3.33. The minimum Gasteiger partial charge on any atom is -0.0888 e. The molecular weight excluding hydrogens is 162 g/mol. The topological polar surface area (TPSA) is 48.8 Å². The molecule has 3 nitrogen and oxygen atoms in total. The maximum atomic E-state index is 8.12. The van der Waals surface area contributed by atoms with Gasteiger partial charge in [-0.05, 0) is 24.6 Å². The average molecular weight is 171 g/mol.